The van der Waals surface area contributed by atoms with E-state index in [-0.39, 0.29) is 28.2 Å². The number of hydrogen-bond acceptors (Lipinski definition) is 8. The number of carbonyl (C=O) groups excluding carboxylic acids is 1. The normalized spacial score (nSPS) is 12.4. The van der Waals surface area contributed by atoms with Gasteiger partial charge in [0.05, 0.1) is 21.2 Å². The lowest BCUT2D eigenvalue weighted by molar-refractivity contribution is -0.113. The van der Waals surface area contributed by atoms with E-state index >= 15 is 0 Å². The van der Waals surface area contributed by atoms with Gasteiger partial charge in [-0.25, -0.2) is 8.42 Å². The molecule has 0 atom stereocenters. The number of aromatic hydroxyl groups is 1. The third kappa shape index (κ3) is 5.43. The molecule has 4 aromatic carbocycles. The molecule has 4 aromatic rings. The fourth-order valence-electron chi connectivity index (χ4n) is 4.15. The predicted molar refractivity (Wildman–Crippen MR) is 154 cm³/mol. The largest absolute Gasteiger partial charge is 0.508 e. The molecule has 0 bridgehead atoms. The van der Waals surface area contributed by atoms with Gasteiger partial charge in [0.2, 0.25) is 16.6 Å². The van der Waals surface area contributed by atoms with Gasteiger partial charge in [-0.2, -0.15) is 0 Å². The van der Waals surface area contributed by atoms with Crippen LogP contribution in [0.4, 0.5) is 22.7 Å². The molecule has 40 heavy (non-hydrogen) atoms. The highest BCUT2D eigenvalue weighted by Crippen LogP contribution is 2.42. The quantitative estimate of drug-likeness (QED) is 0.207. The molecule has 4 N–H and O–H groups in total. The number of phenolic OH excluding ortho intramolecular Hbond substituents is 1. The summed E-state index contributed by atoms with van der Waals surface area (Å²) in [6.07, 6.45) is 3.11. The Hall–Kier alpha value is -4.96. The number of fused-ring (bicyclic) bond motifs is 1. The number of nitrogens with one attached hydrogen (secondary N) is 1. The van der Waals surface area contributed by atoms with Crippen LogP contribution in [0.25, 0.3) is 6.08 Å². The number of ether oxygens (including phenoxy) is 2. The van der Waals surface area contributed by atoms with Crippen molar-refractivity contribution in [2.75, 3.05) is 29.8 Å². The maximum Gasteiger partial charge on any atom is 0.250 e. The molecule has 1 aliphatic heterocycles. The van der Waals surface area contributed by atoms with Crippen LogP contribution in [-0.2, 0) is 14.6 Å². The lowest BCUT2D eigenvalue weighted by atomic mass is 10.1. The Morgan fingerprint density at radius 1 is 0.950 bits per heavy atom. The van der Waals surface area contributed by atoms with Crippen molar-refractivity contribution in [2.45, 2.75) is 16.7 Å². The van der Waals surface area contributed by atoms with E-state index in [0.29, 0.717) is 39.8 Å². The third-order valence-electron chi connectivity index (χ3n) is 6.46. The summed E-state index contributed by atoms with van der Waals surface area (Å²) < 4.78 is 37.1. The van der Waals surface area contributed by atoms with Crippen LogP contribution >= 0.6 is 0 Å². The Morgan fingerprint density at radius 3 is 2.23 bits per heavy atom. The van der Waals surface area contributed by atoms with Crippen LogP contribution in [0.15, 0.2) is 94.7 Å². The van der Waals surface area contributed by atoms with Gasteiger partial charge in [-0.15, -0.1) is 0 Å². The van der Waals surface area contributed by atoms with Gasteiger partial charge in [0.15, 0.2) is 11.5 Å². The number of aryl methyl sites for hydroxylation is 1. The minimum absolute atomic E-state index is 0.0632. The number of benzene rings is 4. The summed E-state index contributed by atoms with van der Waals surface area (Å²) in [5, 5.41) is 13.0. The van der Waals surface area contributed by atoms with Crippen LogP contribution in [0, 0.1) is 6.92 Å². The Bertz CT molecular complexity index is 1720. The fraction of sp³-hybridized carbons (Fsp3) is 0.100. The molecule has 9 nitrogen and oxygen atoms in total. The van der Waals surface area contributed by atoms with Crippen molar-refractivity contribution in [3.63, 3.8) is 0 Å². The molecule has 0 aliphatic carbocycles. The van der Waals surface area contributed by atoms with Crippen molar-refractivity contribution in [2.24, 2.45) is 0 Å². The topological polar surface area (TPSA) is 131 Å². The number of nitrogens with two attached hydrogens (primary N) is 1. The van der Waals surface area contributed by atoms with Gasteiger partial charge in [-0.3, -0.25) is 4.79 Å². The summed E-state index contributed by atoms with van der Waals surface area (Å²) in [4.78, 5) is 14.8. The van der Waals surface area contributed by atoms with Gasteiger partial charge in [0.1, 0.15) is 5.75 Å². The van der Waals surface area contributed by atoms with E-state index in [0.717, 1.165) is 5.56 Å². The number of sulfone groups is 1. The van der Waals surface area contributed by atoms with E-state index < -0.39 is 9.84 Å². The van der Waals surface area contributed by atoms with Gasteiger partial charge >= 0.3 is 0 Å². The molecule has 1 heterocycles. The van der Waals surface area contributed by atoms with Crippen molar-refractivity contribution < 1.29 is 27.8 Å². The standard InChI is InChI=1S/C30H27N3O6S/c1-19-15-20(3-13-27(19)34)4-14-30(35)33(2)26-17-29-28(38-18-39-29)16-25(26)32-22-7-11-24(12-8-22)40(36,37)23-9-5-21(31)6-10-23/h3-17,32,34H,18,31H2,1-2H3/b14-4+. The van der Waals surface area contributed by atoms with Crippen LogP contribution in [0.3, 0.4) is 0 Å². The highest BCUT2D eigenvalue weighted by Gasteiger charge is 2.22. The molecular weight excluding hydrogens is 530 g/mol. The number of hydrogen-bond donors (Lipinski definition) is 3. The van der Waals surface area contributed by atoms with Crippen molar-refractivity contribution in [1.82, 2.24) is 0 Å². The smallest absolute Gasteiger partial charge is 0.250 e. The number of anilines is 4. The average molecular weight is 558 g/mol. The number of likely N-dealkylation sites (N-methyl/N-ethyl adjacent to an activating group) is 1. The third-order valence-corrected chi connectivity index (χ3v) is 8.24. The average Bonchev–Trinajstić information content (AvgIpc) is 3.40. The van der Waals surface area contributed by atoms with Gasteiger partial charge in [0.25, 0.3) is 5.91 Å². The molecule has 0 aromatic heterocycles. The lowest BCUT2D eigenvalue weighted by Crippen LogP contribution is -2.24. The molecule has 0 saturated carbocycles. The monoisotopic (exact) mass is 557 g/mol. The molecular formula is C30H27N3O6S. The number of carbonyl (C=O) groups is 1. The molecule has 10 heteroatoms. The zero-order valence-electron chi connectivity index (χ0n) is 21.8. The fourth-order valence-corrected chi connectivity index (χ4v) is 5.41. The van der Waals surface area contributed by atoms with E-state index in [4.69, 9.17) is 15.2 Å². The second-order valence-electron chi connectivity index (χ2n) is 9.22. The summed E-state index contributed by atoms with van der Waals surface area (Å²) in [6, 6.07) is 20.9. The van der Waals surface area contributed by atoms with Crippen molar-refractivity contribution in [1.29, 1.82) is 0 Å². The Morgan fingerprint density at radius 2 is 1.57 bits per heavy atom. The molecule has 0 unspecified atom stereocenters. The first kappa shape index (κ1) is 26.6. The van der Waals surface area contributed by atoms with E-state index in [1.807, 2.05) is 0 Å². The second kappa shape index (κ2) is 10.7. The molecule has 0 saturated heterocycles. The first-order chi connectivity index (χ1) is 19.1. The van der Waals surface area contributed by atoms with E-state index in [1.54, 1.807) is 74.6 Å². The summed E-state index contributed by atoms with van der Waals surface area (Å²) >= 11 is 0. The molecule has 204 valence electrons. The number of phenols is 1. The van der Waals surface area contributed by atoms with Crippen LogP contribution in [0.1, 0.15) is 11.1 Å². The molecule has 1 aliphatic rings. The molecule has 5 rings (SSSR count). The second-order valence-corrected chi connectivity index (χ2v) is 11.2. The number of nitrogens with zero attached hydrogens (tertiary/aromatic N) is 1. The highest BCUT2D eigenvalue weighted by molar-refractivity contribution is 7.91. The maximum atomic E-state index is 13.1. The zero-order chi connectivity index (χ0) is 28.4. The Balaban J connectivity index is 1.40. The minimum atomic E-state index is -3.71. The highest BCUT2D eigenvalue weighted by atomic mass is 32.2. The van der Waals surface area contributed by atoms with Gasteiger partial charge in [-0.1, -0.05) is 6.07 Å². The molecule has 1 amide bonds. The lowest BCUT2D eigenvalue weighted by Gasteiger charge is -2.21. The summed E-state index contributed by atoms with van der Waals surface area (Å²) in [6.45, 7) is 1.85. The SMILES string of the molecule is Cc1cc(/C=C/C(=O)N(C)c2cc3c(cc2Nc2ccc(S(=O)(=O)c4ccc(N)cc4)cc2)OCO3)ccc1O. The van der Waals surface area contributed by atoms with Crippen LogP contribution < -0.4 is 25.4 Å². The van der Waals surface area contributed by atoms with Crippen LogP contribution in [0.2, 0.25) is 0 Å². The summed E-state index contributed by atoms with van der Waals surface area (Å²) in [5.74, 6) is 0.915. The molecule has 0 spiro atoms. The van der Waals surface area contributed by atoms with Gasteiger partial charge in [0, 0.05) is 36.6 Å². The van der Waals surface area contributed by atoms with E-state index in [2.05, 4.69) is 5.32 Å². The summed E-state index contributed by atoms with van der Waals surface area (Å²) in [7, 11) is -2.08. The van der Waals surface area contributed by atoms with E-state index in [9.17, 15) is 18.3 Å². The minimum Gasteiger partial charge on any atom is -0.508 e. The number of rotatable bonds is 7. The van der Waals surface area contributed by atoms with Crippen LogP contribution in [-0.4, -0.2) is 33.3 Å². The number of amides is 1. The van der Waals surface area contributed by atoms with Crippen molar-refractivity contribution in [3.05, 3.63) is 96.1 Å². The van der Waals surface area contributed by atoms with Crippen LogP contribution in [0.5, 0.6) is 17.2 Å². The molecule has 0 radical (unpaired) electrons. The van der Waals surface area contributed by atoms with Crippen molar-refractivity contribution >= 4 is 44.6 Å². The zero-order valence-corrected chi connectivity index (χ0v) is 22.6. The van der Waals surface area contributed by atoms with E-state index in [1.165, 1.54) is 35.2 Å². The Labute approximate surface area is 232 Å². The van der Waals surface area contributed by atoms with Crippen molar-refractivity contribution in [3.8, 4) is 17.2 Å². The number of nitrogen functional groups attached to an aromatic ring is 1. The first-order valence-corrected chi connectivity index (χ1v) is 13.8. The van der Waals surface area contributed by atoms with Gasteiger partial charge in [-0.05, 0) is 84.8 Å². The predicted octanol–water partition coefficient (Wildman–Crippen LogP) is 5.26. The first-order valence-electron chi connectivity index (χ1n) is 12.3. The summed E-state index contributed by atoms with van der Waals surface area (Å²) in [5.41, 5.74) is 9.33. The maximum absolute atomic E-state index is 13.1. The van der Waals surface area contributed by atoms with Gasteiger partial charge < -0.3 is 30.5 Å². The molecule has 0 fully saturated rings. The Kier molecular flexibility index (Phi) is 7.10.